The molecular formula is C99H120N16O22. The van der Waals surface area contributed by atoms with E-state index in [2.05, 4.69) is 42.5 Å². The van der Waals surface area contributed by atoms with Crippen LogP contribution in [0.1, 0.15) is 105 Å². The number of carbonyl (C=O) groups excluding carboxylic acids is 16. The molecule has 8 rings (SSSR count). The fourth-order valence-corrected chi connectivity index (χ4v) is 13.2. The Hall–Kier alpha value is -14.6. The van der Waals surface area contributed by atoms with Crippen molar-refractivity contribution in [3.63, 3.8) is 0 Å². The van der Waals surface area contributed by atoms with Crippen molar-refractivity contribution in [3.05, 3.63) is 224 Å². The van der Waals surface area contributed by atoms with Gasteiger partial charge in [-0.1, -0.05) is 24.3 Å². The molecule has 728 valence electrons. The number of nitrogens with one attached hydrogen (secondary N) is 8. The maximum atomic E-state index is 13.9. The van der Waals surface area contributed by atoms with Gasteiger partial charge in [-0.3, -0.25) is 76.7 Å². The van der Waals surface area contributed by atoms with E-state index in [1.54, 1.807) is 200 Å². The van der Waals surface area contributed by atoms with E-state index < -0.39 is 96.6 Å². The quantitative estimate of drug-likeness (QED) is 0.0243. The van der Waals surface area contributed by atoms with Crippen LogP contribution in [0.25, 0.3) is 0 Å². The number of ether oxygens (including phenoxy) is 6. The van der Waals surface area contributed by atoms with Gasteiger partial charge < -0.3 is 110 Å². The van der Waals surface area contributed by atoms with E-state index in [-0.39, 0.29) is 205 Å². The Morgan fingerprint density at radius 1 is 0.204 bits per heavy atom. The van der Waals surface area contributed by atoms with Crippen LogP contribution in [-0.4, -0.2) is 350 Å². The van der Waals surface area contributed by atoms with Crippen LogP contribution in [0.15, 0.2) is 158 Å². The zero-order valence-corrected chi connectivity index (χ0v) is 80.0. The fraction of sp³-hybridized carbons (Fsp3) is 0.354. The first-order valence-corrected chi connectivity index (χ1v) is 43.5. The van der Waals surface area contributed by atoms with Crippen LogP contribution in [0.3, 0.4) is 0 Å². The van der Waals surface area contributed by atoms with Crippen molar-refractivity contribution in [2.45, 2.75) is 19.6 Å². The molecule has 38 heteroatoms. The van der Waals surface area contributed by atoms with Crippen LogP contribution in [0.2, 0.25) is 0 Å². The summed E-state index contributed by atoms with van der Waals surface area (Å²) in [5.74, 6) is -7.33. The molecule has 0 aliphatic carbocycles. The van der Waals surface area contributed by atoms with Gasteiger partial charge in [-0.15, -0.1) is 0 Å². The van der Waals surface area contributed by atoms with Crippen molar-refractivity contribution in [2.75, 3.05) is 217 Å². The molecule has 8 aromatic carbocycles. The van der Waals surface area contributed by atoms with E-state index in [1.165, 1.54) is 84.9 Å². The number of benzene rings is 8. The maximum Gasteiger partial charge on any atom is 0.251 e. The third kappa shape index (κ3) is 38.7. The predicted octanol–water partition coefficient (Wildman–Crippen LogP) is 4.49. The van der Waals surface area contributed by atoms with Gasteiger partial charge in [0.25, 0.3) is 23.6 Å². The van der Waals surface area contributed by atoms with E-state index in [9.17, 15) is 76.7 Å². The Balaban J connectivity index is 1.10. The molecule has 0 saturated carbocycles. The minimum absolute atomic E-state index is 0.0172. The molecule has 0 aromatic heterocycles. The number of Topliss-reactive ketones (excluding diaryl/α,β-unsaturated/α-hetero) is 8. The van der Waals surface area contributed by atoms with E-state index in [0.29, 0.717) is 29.0 Å². The highest BCUT2D eigenvalue weighted by molar-refractivity contribution is 6.08. The largest absolute Gasteiger partial charge is 0.489 e. The van der Waals surface area contributed by atoms with Gasteiger partial charge in [0.2, 0.25) is 23.6 Å². The predicted molar refractivity (Wildman–Crippen MR) is 510 cm³/mol. The highest BCUT2D eigenvalue weighted by Crippen LogP contribution is 2.36. The van der Waals surface area contributed by atoms with E-state index >= 15 is 0 Å². The summed E-state index contributed by atoms with van der Waals surface area (Å²) >= 11 is 0. The van der Waals surface area contributed by atoms with Crippen LogP contribution >= 0.6 is 0 Å². The van der Waals surface area contributed by atoms with E-state index in [4.69, 9.17) is 28.4 Å². The van der Waals surface area contributed by atoms with Crippen molar-refractivity contribution in [2.24, 2.45) is 0 Å². The summed E-state index contributed by atoms with van der Waals surface area (Å²) < 4.78 is 38.9. The molecule has 0 spiro atoms. The van der Waals surface area contributed by atoms with Crippen molar-refractivity contribution in [1.82, 2.24) is 81.7 Å². The minimum Gasteiger partial charge on any atom is -0.489 e. The molecule has 0 heterocycles. The lowest BCUT2D eigenvalue weighted by atomic mass is 10.0. The van der Waals surface area contributed by atoms with Crippen LogP contribution in [0.5, 0.6) is 57.5 Å². The topological polar surface area (TPSA) is 451 Å². The summed E-state index contributed by atoms with van der Waals surface area (Å²) in [5.41, 5.74) is 2.13. The molecule has 8 N–H and O–H groups in total. The molecule has 0 aliphatic rings. The standard InChI is InChI=1S/C99H120N16O22/c1-108(2)52-74(116)44-104-96(128)70-32-71(97(129)105-45-75(117)53-109(3)4)39-86(38-70)136-82-28-64(26-80(42-82)134-84-34-66(88(120)48-100-92(124)56-112(9)10)30-67(35-84)89(121)49-101-93(125)57-113(11)12)60-132-78-21-17-62(18-22-78)25-63-19-23-79(24-20-63)133-61-65-27-81(135-85-36-68(90(122)50-102-94(126)58-114(13)14)31-69(37-85)91(123)51-103-95(127)59-115(15)16)43-83(29-65)137-87-40-72(98(130)106-46-76(118)54-110(5)6)33-73(41-87)99(131)107-47-77(119)55-111(7)8/h17-24,26-43H,25,44-61H2,1-16H3,(H,100,124)(H,101,125)(H,102,126)(H,103,127)(H,104,128)(H,105,129)(H,106,130)(H,107,131). The van der Waals surface area contributed by atoms with Gasteiger partial charge in [0.05, 0.1) is 105 Å². The molecule has 137 heavy (non-hydrogen) atoms. The first-order chi connectivity index (χ1) is 64.9. The van der Waals surface area contributed by atoms with Crippen LogP contribution in [0.4, 0.5) is 0 Å². The number of likely N-dealkylation sites (N-methyl/N-ethyl adjacent to an activating group) is 8. The number of ketones is 8. The Kier molecular flexibility index (Phi) is 41.6. The summed E-state index contributed by atoms with van der Waals surface area (Å²) in [5, 5.41) is 20.8. The van der Waals surface area contributed by atoms with Crippen LogP contribution in [-0.2, 0) is 58.0 Å². The lowest BCUT2D eigenvalue weighted by Crippen LogP contribution is -2.36. The first kappa shape index (κ1) is 108. The SMILES string of the molecule is CN(C)CC(=O)CNC(=O)c1cc(Oc2cc(COc3ccc(Cc4ccc(OCc5cc(Oc6cc(C(=O)CNC(=O)CN(C)C)cc(C(=O)CNC(=O)CN(C)C)c6)cc(Oc6cc(C(=O)NCC(=O)CN(C)C)cc(C(=O)NCC(=O)CN(C)C)c6)c5)cc4)cc3)cc(Oc3cc(C(=O)CNC(=O)CN(C)C)cc(C(=O)CNC(=O)CN(C)C)c3)c2)cc(C(=O)NCC(=O)CN(C)C)c1. The summed E-state index contributed by atoms with van der Waals surface area (Å²) in [6.07, 6.45) is 0.429. The molecule has 0 bridgehead atoms. The van der Waals surface area contributed by atoms with Gasteiger partial charge in [0, 0.05) is 56.6 Å². The van der Waals surface area contributed by atoms with Crippen molar-refractivity contribution in [1.29, 1.82) is 0 Å². The summed E-state index contributed by atoms with van der Waals surface area (Å²) in [6, 6.07) is 39.9. The maximum absolute atomic E-state index is 13.9. The van der Waals surface area contributed by atoms with E-state index in [0.717, 1.165) is 11.1 Å². The fourth-order valence-electron chi connectivity index (χ4n) is 13.2. The number of carbonyl (C=O) groups is 16. The van der Waals surface area contributed by atoms with Crippen LogP contribution in [0, 0.1) is 0 Å². The number of nitrogens with zero attached hydrogens (tertiary/aromatic N) is 8. The highest BCUT2D eigenvalue weighted by atomic mass is 16.5. The number of rotatable bonds is 56. The molecule has 38 nitrogen and oxygen atoms in total. The second-order valence-corrected chi connectivity index (χ2v) is 34.6. The van der Waals surface area contributed by atoms with Crippen LogP contribution < -0.4 is 71.0 Å². The van der Waals surface area contributed by atoms with Gasteiger partial charge in [0.1, 0.15) is 70.7 Å². The second-order valence-electron chi connectivity index (χ2n) is 34.6. The van der Waals surface area contributed by atoms with Gasteiger partial charge in [-0.05, 0) is 263 Å². The van der Waals surface area contributed by atoms with Gasteiger partial charge in [0.15, 0.2) is 46.3 Å². The zero-order chi connectivity index (χ0) is 100. The minimum atomic E-state index is -0.729. The summed E-state index contributed by atoms with van der Waals surface area (Å²) in [7, 11) is 27.1. The molecule has 0 fully saturated rings. The van der Waals surface area contributed by atoms with E-state index in [1.807, 2.05) is 24.3 Å². The molecule has 0 radical (unpaired) electrons. The van der Waals surface area contributed by atoms with Crippen molar-refractivity contribution < 1.29 is 105 Å². The van der Waals surface area contributed by atoms with Gasteiger partial charge in [-0.2, -0.15) is 0 Å². The monoisotopic (exact) mass is 1880 g/mol. The molecule has 0 unspecified atom stereocenters. The zero-order valence-electron chi connectivity index (χ0n) is 80.0. The Morgan fingerprint density at radius 2 is 0.401 bits per heavy atom. The van der Waals surface area contributed by atoms with Crippen molar-refractivity contribution in [3.8, 4) is 57.5 Å². The Bertz CT molecular complexity index is 4860. The Labute approximate surface area is 795 Å². The molecule has 8 aromatic rings. The molecule has 0 aliphatic heterocycles. The number of hydrogen-bond acceptors (Lipinski definition) is 30. The number of amides is 8. The molecular weight excluding hydrogens is 1770 g/mol. The summed E-state index contributed by atoms with van der Waals surface area (Å²) in [4.78, 5) is 226. The Morgan fingerprint density at radius 3 is 0.613 bits per heavy atom. The lowest BCUT2D eigenvalue weighted by Gasteiger charge is -2.16. The molecule has 8 amide bonds. The second kappa shape index (κ2) is 52.9. The molecule has 0 saturated heterocycles. The average Bonchev–Trinajstić information content (AvgIpc) is 0.820. The smallest absolute Gasteiger partial charge is 0.251 e. The summed E-state index contributed by atoms with van der Waals surface area (Å²) in [6.45, 7) is -3.43. The average molecular weight is 1890 g/mol. The highest BCUT2D eigenvalue weighted by Gasteiger charge is 2.25. The third-order valence-electron chi connectivity index (χ3n) is 19.2. The third-order valence-corrected chi connectivity index (χ3v) is 19.2. The lowest BCUT2D eigenvalue weighted by molar-refractivity contribution is -0.122. The van der Waals surface area contributed by atoms with Gasteiger partial charge >= 0.3 is 0 Å². The first-order valence-electron chi connectivity index (χ1n) is 43.5. The normalized spacial score (nSPS) is 11.2. The number of hydrogen-bond donors (Lipinski definition) is 8. The van der Waals surface area contributed by atoms with Crippen molar-refractivity contribution >= 4 is 93.5 Å². The van der Waals surface area contributed by atoms with Gasteiger partial charge in [-0.25, -0.2) is 0 Å². The molecule has 0 atom stereocenters.